The highest BCUT2D eigenvalue weighted by molar-refractivity contribution is 6.31. The average Bonchev–Trinajstić information content (AvgIpc) is 3.34. The number of carbonyl (C=O) groups excluding carboxylic acids is 1. The fourth-order valence-corrected chi connectivity index (χ4v) is 4.54. The molecule has 1 aromatic heterocycles. The zero-order valence-electron chi connectivity index (χ0n) is 19.5. The van der Waals surface area contributed by atoms with Gasteiger partial charge in [0.05, 0.1) is 28.9 Å². The van der Waals surface area contributed by atoms with Gasteiger partial charge in [0, 0.05) is 29.0 Å². The Balaban J connectivity index is 1.40. The zero-order chi connectivity index (χ0) is 25.9. The van der Waals surface area contributed by atoms with E-state index in [0.717, 1.165) is 16.7 Å². The molecule has 182 valence electrons. The minimum Gasteiger partial charge on any atom is -0.478 e. The number of hydrogen-bond donors (Lipinski definition) is 2. The third-order valence-corrected chi connectivity index (χ3v) is 6.49. The SMILES string of the molecule is N#Cc1cc(-c2ccnc(Nc3ccc(C(=O)O)cc3)n2)cc2c1N(C(=O)Cc1ccccc1Cl)CC2. The monoisotopic (exact) mass is 509 g/mol. The van der Waals surface area contributed by atoms with Crippen molar-refractivity contribution in [3.05, 3.63) is 100 Å². The number of fused-ring (bicyclic) bond motifs is 1. The number of rotatable bonds is 6. The summed E-state index contributed by atoms with van der Waals surface area (Å²) in [6.07, 6.45) is 2.38. The van der Waals surface area contributed by atoms with E-state index in [1.54, 1.807) is 41.4 Å². The van der Waals surface area contributed by atoms with Crippen molar-refractivity contribution in [2.75, 3.05) is 16.8 Å². The van der Waals surface area contributed by atoms with Crippen LogP contribution in [-0.4, -0.2) is 33.5 Å². The van der Waals surface area contributed by atoms with Crippen molar-refractivity contribution in [3.8, 4) is 17.3 Å². The molecule has 0 fully saturated rings. The number of halogens is 1. The molecule has 0 radical (unpaired) electrons. The highest BCUT2D eigenvalue weighted by Gasteiger charge is 2.29. The topological polar surface area (TPSA) is 119 Å². The van der Waals surface area contributed by atoms with E-state index in [1.807, 2.05) is 24.3 Å². The number of aromatic carboxylic acids is 1. The predicted molar refractivity (Wildman–Crippen MR) is 140 cm³/mol. The standard InChI is InChI=1S/C28H20ClN5O3/c29-23-4-2-1-3-18(23)15-25(35)34-12-10-19-13-20(14-21(16-30)26(19)34)24-9-11-31-28(33-24)32-22-7-5-17(6-8-22)27(36)37/h1-9,11,13-14H,10,12,15H2,(H,36,37)(H,31,32,33). The minimum atomic E-state index is -1.00. The Morgan fingerprint density at radius 1 is 1.11 bits per heavy atom. The molecule has 0 saturated carbocycles. The average molecular weight is 510 g/mol. The Kier molecular flexibility index (Phi) is 6.54. The second kappa shape index (κ2) is 10.1. The lowest BCUT2D eigenvalue weighted by Crippen LogP contribution is -2.31. The van der Waals surface area contributed by atoms with Gasteiger partial charge in [-0.05, 0) is 66.1 Å². The number of nitriles is 1. The van der Waals surface area contributed by atoms with Crippen LogP contribution in [0.4, 0.5) is 17.3 Å². The van der Waals surface area contributed by atoms with Gasteiger partial charge in [-0.15, -0.1) is 0 Å². The lowest BCUT2D eigenvalue weighted by atomic mass is 10.0. The van der Waals surface area contributed by atoms with E-state index in [2.05, 4.69) is 21.4 Å². The van der Waals surface area contributed by atoms with Crippen molar-refractivity contribution in [2.24, 2.45) is 0 Å². The van der Waals surface area contributed by atoms with Gasteiger partial charge in [0.1, 0.15) is 6.07 Å². The third-order valence-electron chi connectivity index (χ3n) is 6.12. The largest absolute Gasteiger partial charge is 0.478 e. The summed E-state index contributed by atoms with van der Waals surface area (Å²) >= 11 is 6.24. The Morgan fingerprint density at radius 2 is 1.89 bits per heavy atom. The number of nitrogens with zero attached hydrogens (tertiary/aromatic N) is 4. The normalized spacial score (nSPS) is 12.1. The minimum absolute atomic E-state index is 0.112. The summed E-state index contributed by atoms with van der Waals surface area (Å²) in [7, 11) is 0. The van der Waals surface area contributed by atoms with Crippen LogP contribution in [0.2, 0.25) is 5.02 Å². The molecule has 1 aliphatic rings. The second-order valence-electron chi connectivity index (χ2n) is 8.48. The molecule has 8 nitrogen and oxygen atoms in total. The van der Waals surface area contributed by atoms with E-state index in [-0.39, 0.29) is 17.9 Å². The van der Waals surface area contributed by atoms with E-state index in [0.29, 0.717) is 46.6 Å². The van der Waals surface area contributed by atoms with Gasteiger partial charge in [0.25, 0.3) is 0 Å². The van der Waals surface area contributed by atoms with Crippen LogP contribution in [-0.2, 0) is 17.6 Å². The fourth-order valence-electron chi connectivity index (χ4n) is 4.34. The van der Waals surface area contributed by atoms with Crippen molar-refractivity contribution < 1.29 is 14.7 Å². The van der Waals surface area contributed by atoms with E-state index >= 15 is 0 Å². The van der Waals surface area contributed by atoms with Crippen molar-refractivity contribution in [3.63, 3.8) is 0 Å². The highest BCUT2D eigenvalue weighted by Crippen LogP contribution is 2.36. The van der Waals surface area contributed by atoms with Crippen LogP contribution in [0, 0.1) is 11.3 Å². The molecule has 0 atom stereocenters. The van der Waals surface area contributed by atoms with Gasteiger partial charge in [-0.3, -0.25) is 4.79 Å². The van der Waals surface area contributed by atoms with Crippen molar-refractivity contribution >= 4 is 40.8 Å². The van der Waals surface area contributed by atoms with Gasteiger partial charge in [-0.1, -0.05) is 29.8 Å². The van der Waals surface area contributed by atoms with Gasteiger partial charge < -0.3 is 15.3 Å². The molecule has 1 aliphatic heterocycles. The van der Waals surface area contributed by atoms with Gasteiger partial charge in [-0.2, -0.15) is 5.26 Å². The smallest absolute Gasteiger partial charge is 0.335 e. The molecule has 2 heterocycles. The number of hydrogen-bond acceptors (Lipinski definition) is 6. The van der Waals surface area contributed by atoms with Gasteiger partial charge in [-0.25, -0.2) is 14.8 Å². The number of anilines is 3. The molecule has 37 heavy (non-hydrogen) atoms. The molecular formula is C28H20ClN5O3. The molecule has 9 heteroatoms. The molecule has 0 aliphatic carbocycles. The summed E-state index contributed by atoms with van der Waals surface area (Å²) < 4.78 is 0. The molecule has 0 unspecified atom stereocenters. The first-order valence-corrected chi connectivity index (χ1v) is 11.9. The van der Waals surface area contributed by atoms with Crippen LogP contribution in [0.1, 0.15) is 27.0 Å². The lowest BCUT2D eigenvalue weighted by Gasteiger charge is -2.19. The van der Waals surface area contributed by atoms with Crippen LogP contribution in [0.25, 0.3) is 11.3 Å². The molecule has 4 aromatic rings. The maximum Gasteiger partial charge on any atom is 0.335 e. The summed E-state index contributed by atoms with van der Waals surface area (Å²) in [5.41, 5.74) is 4.85. The first-order chi connectivity index (χ1) is 17.9. The summed E-state index contributed by atoms with van der Waals surface area (Å²) in [4.78, 5) is 34.7. The third kappa shape index (κ3) is 4.99. The summed E-state index contributed by atoms with van der Waals surface area (Å²) in [6.45, 7) is 0.486. The number of benzene rings is 3. The Bertz CT molecular complexity index is 1560. The quantitative estimate of drug-likeness (QED) is 0.364. The van der Waals surface area contributed by atoms with E-state index in [4.69, 9.17) is 16.7 Å². The Morgan fingerprint density at radius 3 is 2.62 bits per heavy atom. The zero-order valence-corrected chi connectivity index (χ0v) is 20.2. The van der Waals surface area contributed by atoms with Crippen LogP contribution < -0.4 is 10.2 Å². The van der Waals surface area contributed by atoms with Gasteiger partial charge in [0.2, 0.25) is 11.9 Å². The number of aromatic nitrogens is 2. The summed E-state index contributed by atoms with van der Waals surface area (Å²) in [6, 6.07) is 21.2. The molecule has 1 amide bonds. The molecular weight excluding hydrogens is 490 g/mol. The van der Waals surface area contributed by atoms with Crippen LogP contribution in [0.15, 0.2) is 72.9 Å². The Hall–Kier alpha value is -4.74. The van der Waals surface area contributed by atoms with Crippen molar-refractivity contribution in [1.82, 2.24) is 9.97 Å². The number of carboxylic acid groups (broad SMARTS) is 1. The Labute approximate surface area is 217 Å². The van der Waals surface area contributed by atoms with Crippen LogP contribution >= 0.6 is 11.6 Å². The lowest BCUT2D eigenvalue weighted by molar-refractivity contribution is -0.117. The maximum absolute atomic E-state index is 13.1. The molecule has 0 bridgehead atoms. The van der Waals surface area contributed by atoms with E-state index in [9.17, 15) is 14.9 Å². The number of carboxylic acids is 1. The van der Waals surface area contributed by atoms with Crippen molar-refractivity contribution in [2.45, 2.75) is 12.8 Å². The molecule has 2 N–H and O–H groups in total. The fraction of sp³-hybridized carbons (Fsp3) is 0.107. The van der Waals surface area contributed by atoms with E-state index < -0.39 is 5.97 Å². The summed E-state index contributed by atoms with van der Waals surface area (Å²) in [5, 5.41) is 22.6. The second-order valence-corrected chi connectivity index (χ2v) is 8.89. The number of carbonyl (C=O) groups is 2. The molecule has 0 spiro atoms. The molecule has 0 saturated heterocycles. The van der Waals surface area contributed by atoms with E-state index in [1.165, 1.54) is 12.1 Å². The van der Waals surface area contributed by atoms with Crippen molar-refractivity contribution in [1.29, 1.82) is 5.26 Å². The van der Waals surface area contributed by atoms with Crippen LogP contribution in [0.5, 0.6) is 0 Å². The van der Waals surface area contributed by atoms with Gasteiger partial charge in [0.15, 0.2) is 0 Å². The molecule has 3 aromatic carbocycles. The number of nitrogens with one attached hydrogen (secondary N) is 1. The first-order valence-electron chi connectivity index (χ1n) is 11.5. The first kappa shape index (κ1) is 24.0. The van der Waals surface area contributed by atoms with Crippen LogP contribution in [0.3, 0.4) is 0 Å². The summed E-state index contributed by atoms with van der Waals surface area (Å²) in [5.74, 6) is -0.784. The number of amides is 1. The molecule has 5 rings (SSSR count). The highest BCUT2D eigenvalue weighted by atomic mass is 35.5. The predicted octanol–water partition coefficient (Wildman–Crippen LogP) is 5.24. The van der Waals surface area contributed by atoms with Gasteiger partial charge >= 0.3 is 5.97 Å². The maximum atomic E-state index is 13.1.